The molecule has 2 atom stereocenters. The second kappa shape index (κ2) is 7.22. The van der Waals surface area contributed by atoms with Gasteiger partial charge in [0, 0.05) is 25.6 Å². The van der Waals surface area contributed by atoms with E-state index in [0.29, 0.717) is 5.82 Å². The predicted molar refractivity (Wildman–Crippen MR) is 104 cm³/mol. The van der Waals surface area contributed by atoms with E-state index in [9.17, 15) is 18.0 Å². The van der Waals surface area contributed by atoms with Gasteiger partial charge in [-0.05, 0) is 0 Å². The fraction of sp³-hybridized carbons (Fsp3) is 0.316. The van der Waals surface area contributed by atoms with Crippen LogP contribution in [0.2, 0.25) is 0 Å². The molecule has 0 radical (unpaired) electrons. The van der Waals surface area contributed by atoms with Gasteiger partial charge < -0.3 is 25.4 Å². The van der Waals surface area contributed by atoms with Crippen LogP contribution in [0, 0.1) is 11.6 Å². The standard InChI is InChI=1S/C19H17F3N6O3/c1-23-14-6-13(26-16-15(22)10(21)5-12-17(16)31-3-2-30-12)27-18-8(7-24-28(14)18)19(29)25-11-4-9(11)20/h5-7,9,11,23H,2-4H2,1H3,(H,25,29)(H,26,27)/t9-,11?/m0/s1. The maximum atomic E-state index is 14.6. The summed E-state index contributed by atoms with van der Waals surface area (Å²) in [4.78, 5) is 16.9. The van der Waals surface area contributed by atoms with Crippen molar-refractivity contribution in [2.75, 3.05) is 30.9 Å². The molecule has 1 aliphatic heterocycles. The van der Waals surface area contributed by atoms with Gasteiger partial charge in [0.05, 0.1) is 12.2 Å². The van der Waals surface area contributed by atoms with Crippen LogP contribution in [0.25, 0.3) is 5.65 Å². The lowest BCUT2D eigenvalue weighted by atomic mass is 10.2. The Morgan fingerprint density at radius 2 is 2.03 bits per heavy atom. The van der Waals surface area contributed by atoms with E-state index in [-0.39, 0.29) is 53.8 Å². The Morgan fingerprint density at radius 3 is 2.77 bits per heavy atom. The number of anilines is 3. The molecular formula is C19H17F3N6O3. The van der Waals surface area contributed by atoms with Crippen molar-refractivity contribution < 1.29 is 27.4 Å². The summed E-state index contributed by atoms with van der Waals surface area (Å²) in [6, 6.07) is 1.89. The maximum Gasteiger partial charge on any atom is 0.257 e. The van der Waals surface area contributed by atoms with Crippen molar-refractivity contribution in [3.8, 4) is 11.5 Å². The van der Waals surface area contributed by atoms with Crippen LogP contribution < -0.4 is 25.4 Å². The van der Waals surface area contributed by atoms with Crippen LogP contribution in [-0.4, -0.2) is 53.0 Å². The highest BCUT2D eigenvalue weighted by Gasteiger charge is 2.39. The molecule has 12 heteroatoms. The fourth-order valence-corrected chi connectivity index (χ4v) is 3.30. The highest BCUT2D eigenvalue weighted by molar-refractivity contribution is 6.00. The predicted octanol–water partition coefficient (Wildman–Crippen LogP) is 2.40. The second-order valence-corrected chi connectivity index (χ2v) is 7.10. The summed E-state index contributed by atoms with van der Waals surface area (Å²) in [5.74, 6) is -2.20. The number of amides is 1. The number of rotatable bonds is 5. The minimum absolute atomic E-state index is 0.0204. The summed E-state index contributed by atoms with van der Waals surface area (Å²) in [7, 11) is 1.62. The Labute approximate surface area is 173 Å². The normalized spacial score (nSPS) is 19.2. The van der Waals surface area contributed by atoms with Crippen molar-refractivity contribution in [3.63, 3.8) is 0 Å². The minimum atomic E-state index is -1.16. The number of aromatic nitrogens is 3. The molecule has 2 aliphatic rings. The van der Waals surface area contributed by atoms with Crippen molar-refractivity contribution in [2.45, 2.75) is 18.6 Å². The fourth-order valence-electron chi connectivity index (χ4n) is 3.30. The zero-order valence-corrected chi connectivity index (χ0v) is 16.2. The van der Waals surface area contributed by atoms with E-state index in [0.717, 1.165) is 6.07 Å². The molecule has 9 nitrogen and oxygen atoms in total. The van der Waals surface area contributed by atoms with Crippen molar-refractivity contribution in [3.05, 3.63) is 35.5 Å². The van der Waals surface area contributed by atoms with Crippen LogP contribution in [0.15, 0.2) is 18.3 Å². The van der Waals surface area contributed by atoms with Crippen LogP contribution >= 0.6 is 0 Å². The summed E-state index contributed by atoms with van der Waals surface area (Å²) in [5, 5.41) is 12.3. The average molecular weight is 434 g/mol. The van der Waals surface area contributed by atoms with Gasteiger partial charge in [-0.15, -0.1) is 0 Å². The number of hydrogen-bond acceptors (Lipinski definition) is 7. The molecule has 1 fully saturated rings. The molecular weight excluding hydrogens is 417 g/mol. The first kappa shape index (κ1) is 19.3. The SMILES string of the molecule is CNc1cc(Nc2c(F)c(F)cc3c2OCCO3)nc2c(C(=O)NC3C[C@@H]3F)cnn12. The first-order chi connectivity index (χ1) is 15.0. The molecule has 3 N–H and O–H groups in total. The molecule has 162 valence electrons. The van der Waals surface area contributed by atoms with Gasteiger partial charge in [0.1, 0.15) is 42.3 Å². The lowest BCUT2D eigenvalue weighted by molar-refractivity contribution is 0.0949. The smallest absolute Gasteiger partial charge is 0.257 e. The van der Waals surface area contributed by atoms with Crippen molar-refractivity contribution in [2.24, 2.45) is 0 Å². The van der Waals surface area contributed by atoms with E-state index >= 15 is 0 Å². The molecule has 3 heterocycles. The van der Waals surface area contributed by atoms with Gasteiger partial charge in [0.25, 0.3) is 5.91 Å². The zero-order chi connectivity index (χ0) is 21.7. The average Bonchev–Trinajstić information content (AvgIpc) is 3.28. The van der Waals surface area contributed by atoms with Gasteiger partial charge in [0.2, 0.25) is 0 Å². The number of carbonyl (C=O) groups excluding carboxylic acids is 1. The number of halogens is 3. The second-order valence-electron chi connectivity index (χ2n) is 7.10. The van der Waals surface area contributed by atoms with E-state index in [2.05, 4.69) is 26.0 Å². The van der Waals surface area contributed by atoms with Gasteiger partial charge in [-0.2, -0.15) is 9.61 Å². The quantitative estimate of drug-likeness (QED) is 0.567. The highest BCUT2D eigenvalue weighted by atomic mass is 19.2. The third kappa shape index (κ3) is 3.33. The van der Waals surface area contributed by atoms with E-state index in [1.807, 2.05) is 0 Å². The highest BCUT2D eigenvalue weighted by Crippen LogP contribution is 2.42. The summed E-state index contributed by atoms with van der Waals surface area (Å²) < 4.78 is 54.0. The number of alkyl halides is 1. The van der Waals surface area contributed by atoms with Gasteiger partial charge >= 0.3 is 0 Å². The Morgan fingerprint density at radius 1 is 1.26 bits per heavy atom. The number of hydrogen-bond donors (Lipinski definition) is 3. The molecule has 1 aromatic carbocycles. The first-order valence-electron chi connectivity index (χ1n) is 9.52. The molecule has 1 aliphatic carbocycles. The summed E-state index contributed by atoms with van der Waals surface area (Å²) in [6.07, 6.45) is 0.506. The summed E-state index contributed by atoms with van der Waals surface area (Å²) >= 11 is 0. The Bertz CT molecular complexity index is 1200. The van der Waals surface area contributed by atoms with E-state index in [4.69, 9.17) is 9.47 Å². The van der Waals surface area contributed by atoms with Crippen molar-refractivity contribution >= 4 is 28.9 Å². The molecule has 1 saturated carbocycles. The van der Waals surface area contributed by atoms with E-state index in [1.54, 1.807) is 7.05 Å². The molecule has 1 unspecified atom stereocenters. The Kier molecular flexibility index (Phi) is 4.49. The molecule has 0 bridgehead atoms. The third-order valence-corrected chi connectivity index (χ3v) is 4.98. The monoisotopic (exact) mass is 434 g/mol. The number of fused-ring (bicyclic) bond motifs is 2. The van der Waals surface area contributed by atoms with E-state index in [1.165, 1.54) is 16.8 Å². The number of benzene rings is 1. The minimum Gasteiger partial charge on any atom is -0.486 e. The molecule has 5 rings (SSSR count). The van der Waals surface area contributed by atoms with Crippen LogP contribution in [-0.2, 0) is 0 Å². The summed E-state index contributed by atoms with van der Waals surface area (Å²) in [6.45, 7) is 0.380. The largest absolute Gasteiger partial charge is 0.486 e. The molecule has 0 saturated heterocycles. The van der Waals surface area contributed by atoms with E-state index < -0.39 is 29.8 Å². The Balaban J connectivity index is 1.56. The number of ether oxygens (including phenoxy) is 2. The molecule has 0 spiro atoms. The number of nitrogens with one attached hydrogen (secondary N) is 3. The van der Waals surface area contributed by atoms with Gasteiger partial charge in [-0.25, -0.2) is 18.2 Å². The molecule has 3 aromatic rings. The number of carbonyl (C=O) groups is 1. The van der Waals surface area contributed by atoms with Crippen LogP contribution in [0.1, 0.15) is 16.8 Å². The summed E-state index contributed by atoms with van der Waals surface area (Å²) in [5.41, 5.74) is -0.0243. The van der Waals surface area contributed by atoms with Crippen LogP contribution in [0.4, 0.5) is 30.5 Å². The first-order valence-corrected chi connectivity index (χ1v) is 9.52. The zero-order valence-electron chi connectivity index (χ0n) is 16.2. The van der Waals surface area contributed by atoms with Gasteiger partial charge in [0.15, 0.2) is 28.8 Å². The van der Waals surface area contributed by atoms with Crippen molar-refractivity contribution in [1.29, 1.82) is 0 Å². The lowest BCUT2D eigenvalue weighted by Crippen LogP contribution is -2.27. The van der Waals surface area contributed by atoms with Crippen molar-refractivity contribution in [1.82, 2.24) is 19.9 Å². The van der Waals surface area contributed by atoms with Crippen LogP contribution in [0.5, 0.6) is 11.5 Å². The number of nitrogens with zero attached hydrogens (tertiary/aromatic N) is 3. The molecule has 2 aromatic heterocycles. The third-order valence-electron chi connectivity index (χ3n) is 4.98. The van der Waals surface area contributed by atoms with Crippen LogP contribution in [0.3, 0.4) is 0 Å². The topological polar surface area (TPSA) is 102 Å². The Hall–Kier alpha value is -3.70. The lowest BCUT2D eigenvalue weighted by Gasteiger charge is -2.22. The molecule has 31 heavy (non-hydrogen) atoms. The maximum absolute atomic E-state index is 14.6. The van der Waals surface area contributed by atoms with Gasteiger partial charge in [-0.3, -0.25) is 4.79 Å². The molecule has 1 amide bonds. The van der Waals surface area contributed by atoms with Gasteiger partial charge in [-0.1, -0.05) is 0 Å².